The lowest BCUT2D eigenvalue weighted by molar-refractivity contribution is 0.0597. The second-order valence-electron chi connectivity index (χ2n) is 7.40. The minimum atomic E-state index is -0.473. The van der Waals surface area contributed by atoms with Gasteiger partial charge in [0.1, 0.15) is 11.3 Å². The first-order chi connectivity index (χ1) is 14.2. The fraction of sp³-hybridized carbons (Fsp3) is 0.478. The van der Waals surface area contributed by atoms with Crippen LogP contribution < -0.4 is 9.64 Å². The molecule has 0 bridgehead atoms. The van der Waals surface area contributed by atoms with Gasteiger partial charge in [-0.05, 0) is 70.6 Å². The lowest BCUT2D eigenvalue weighted by Gasteiger charge is -2.28. The maximum absolute atomic E-state index is 12.8. The molecule has 0 aliphatic carbocycles. The van der Waals surface area contributed by atoms with Crippen LogP contribution in [0.2, 0.25) is 5.02 Å². The van der Waals surface area contributed by atoms with Crippen LogP contribution in [0, 0.1) is 20.8 Å². The molecular weight excluding hydrogens is 402 g/mol. The van der Waals surface area contributed by atoms with E-state index < -0.39 is 5.97 Å². The van der Waals surface area contributed by atoms with Gasteiger partial charge in [-0.25, -0.2) is 9.78 Å². The number of esters is 1. The number of pyridine rings is 1. The summed E-state index contributed by atoms with van der Waals surface area (Å²) < 4.78 is 11.3. The molecular formula is C23H32ClN3O3. The van der Waals surface area contributed by atoms with E-state index in [0.29, 0.717) is 16.3 Å². The third kappa shape index (κ3) is 5.64. The number of nitrogens with zero attached hydrogens (tertiary/aromatic N) is 3. The number of methoxy groups -OCH3 is 1. The van der Waals surface area contributed by atoms with Gasteiger partial charge in [0.2, 0.25) is 5.88 Å². The summed E-state index contributed by atoms with van der Waals surface area (Å²) in [7, 11) is 3.45. The summed E-state index contributed by atoms with van der Waals surface area (Å²) in [5.74, 6) is 0.411. The van der Waals surface area contributed by atoms with E-state index in [9.17, 15) is 4.79 Å². The van der Waals surface area contributed by atoms with E-state index in [4.69, 9.17) is 21.1 Å². The predicted molar refractivity (Wildman–Crippen MR) is 122 cm³/mol. The van der Waals surface area contributed by atoms with Gasteiger partial charge < -0.3 is 19.3 Å². The molecule has 0 aliphatic rings. The molecule has 0 amide bonds. The first-order valence-electron chi connectivity index (χ1n) is 10.2. The van der Waals surface area contributed by atoms with Gasteiger partial charge in [-0.15, -0.1) is 0 Å². The van der Waals surface area contributed by atoms with Crippen LogP contribution in [0.3, 0.4) is 0 Å². The molecule has 2 aromatic rings. The van der Waals surface area contributed by atoms with Crippen molar-refractivity contribution in [3.63, 3.8) is 0 Å². The summed E-state index contributed by atoms with van der Waals surface area (Å²) in [5, 5.41) is 0.639. The number of likely N-dealkylation sites (N-methyl/N-ethyl adjacent to an activating group) is 2. The SMILES string of the molecule is CCN(C)CCN(CC)c1cc(C)nc(Oc2c(C)cc(Cl)cc2C)c1C(=O)OC. The average Bonchev–Trinajstić information content (AvgIpc) is 2.70. The fourth-order valence-electron chi connectivity index (χ4n) is 3.30. The Bertz CT molecular complexity index is 878. The Labute approximate surface area is 184 Å². The third-order valence-corrected chi connectivity index (χ3v) is 5.34. The van der Waals surface area contributed by atoms with E-state index in [1.165, 1.54) is 7.11 Å². The number of aryl methyl sites for hydroxylation is 3. The van der Waals surface area contributed by atoms with Crippen molar-refractivity contribution in [3.05, 3.63) is 45.6 Å². The summed E-state index contributed by atoms with van der Waals surface area (Å²) in [4.78, 5) is 21.7. The molecule has 0 saturated carbocycles. The molecule has 1 aromatic carbocycles. The molecule has 1 aromatic heterocycles. The van der Waals surface area contributed by atoms with E-state index in [-0.39, 0.29) is 5.88 Å². The Morgan fingerprint density at radius 1 is 1.07 bits per heavy atom. The number of aromatic nitrogens is 1. The smallest absolute Gasteiger partial charge is 0.345 e. The van der Waals surface area contributed by atoms with Crippen LogP contribution in [0.5, 0.6) is 11.6 Å². The molecule has 7 heteroatoms. The molecule has 1 heterocycles. The van der Waals surface area contributed by atoms with Crippen molar-refractivity contribution in [1.29, 1.82) is 0 Å². The molecule has 6 nitrogen and oxygen atoms in total. The minimum absolute atomic E-state index is 0.243. The van der Waals surface area contributed by atoms with Crippen molar-refractivity contribution in [1.82, 2.24) is 9.88 Å². The second kappa shape index (κ2) is 10.6. The number of halogens is 1. The number of carbonyl (C=O) groups excluding carboxylic acids is 1. The number of hydrogen-bond donors (Lipinski definition) is 0. The van der Waals surface area contributed by atoms with Crippen molar-refractivity contribution in [2.75, 3.05) is 45.2 Å². The largest absolute Gasteiger partial charge is 0.465 e. The number of rotatable bonds is 9. The number of ether oxygens (including phenoxy) is 2. The Hall–Kier alpha value is -2.31. The monoisotopic (exact) mass is 433 g/mol. The van der Waals surface area contributed by atoms with Gasteiger partial charge >= 0.3 is 5.97 Å². The summed E-state index contributed by atoms with van der Waals surface area (Å²) in [6.07, 6.45) is 0. The molecule has 0 spiro atoms. The van der Waals surface area contributed by atoms with Crippen LogP contribution in [0.25, 0.3) is 0 Å². The molecule has 0 atom stereocenters. The number of carbonyl (C=O) groups is 1. The number of anilines is 1. The Balaban J connectivity index is 2.57. The molecule has 0 saturated heterocycles. The third-order valence-electron chi connectivity index (χ3n) is 5.12. The van der Waals surface area contributed by atoms with Gasteiger partial charge in [0.05, 0.1) is 12.8 Å². The molecule has 164 valence electrons. The normalized spacial score (nSPS) is 11.0. The van der Waals surface area contributed by atoms with E-state index in [1.54, 1.807) is 0 Å². The van der Waals surface area contributed by atoms with Crippen molar-refractivity contribution in [2.45, 2.75) is 34.6 Å². The number of hydrogen-bond acceptors (Lipinski definition) is 6. The zero-order valence-corrected chi connectivity index (χ0v) is 19.8. The topological polar surface area (TPSA) is 54.9 Å². The lowest BCUT2D eigenvalue weighted by Crippen LogP contribution is -2.34. The summed E-state index contributed by atoms with van der Waals surface area (Å²) in [5.41, 5.74) is 3.60. The highest BCUT2D eigenvalue weighted by Crippen LogP contribution is 2.36. The van der Waals surface area contributed by atoms with Crippen molar-refractivity contribution >= 4 is 23.3 Å². The quantitative estimate of drug-likeness (QED) is 0.517. The van der Waals surface area contributed by atoms with Gasteiger partial charge in [-0.2, -0.15) is 0 Å². The molecule has 2 rings (SSSR count). The Kier molecular flexibility index (Phi) is 8.50. The molecule has 0 unspecified atom stereocenters. The zero-order chi connectivity index (χ0) is 22.4. The first-order valence-corrected chi connectivity index (χ1v) is 10.6. The highest BCUT2D eigenvalue weighted by Gasteiger charge is 2.25. The standard InChI is InChI=1S/C23H32ClN3O3/c1-8-26(6)10-11-27(9-2)19-14-17(5)25-22(20(19)23(28)29-7)30-21-15(3)12-18(24)13-16(21)4/h12-14H,8-11H2,1-7H3. The second-order valence-corrected chi connectivity index (χ2v) is 7.84. The Morgan fingerprint density at radius 2 is 1.70 bits per heavy atom. The summed E-state index contributed by atoms with van der Waals surface area (Å²) in [6, 6.07) is 5.57. The predicted octanol–water partition coefficient (Wildman–Crippen LogP) is 5.02. The maximum atomic E-state index is 12.8. The van der Waals surface area contributed by atoms with Crippen LogP contribution in [0.15, 0.2) is 18.2 Å². The maximum Gasteiger partial charge on any atom is 0.345 e. The van der Waals surface area contributed by atoms with E-state index in [1.807, 2.05) is 39.0 Å². The van der Waals surface area contributed by atoms with E-state index in [0.717, 1.165) is 48.7 Å². The summed E-state index contributed by atoms with van der Waals surface area (Å²) >= 11 is 6.16. The van der Waals surface area contributed by atoms with Crippen molar-refractivity contribution < 1.29 is 14.3 Å². The molecule has 30 heavy (non-hydrogen) atoms. The van der Waals surface area contributed by atoms with E-state index in [2.05, 4.69) is 35.7 Å². The lowest BCUT2D eigenvalue weighted by atomic mass is 10.1. The van der Waals surface area contributed by atoms with Crippen LogP contribution >= 0.6 is 11.6 Å². The van der Waals surface area contributed by atoms with Gasteiger partial charge in [0.15, 0.2) is 0 Å². The van der Waals surface area contributed by atoms with Crippen LogP contribution in [-0.2, 0) is 4.74 Å². The zero-order valence-electron chi connectivity index (χ0n) is 19.0. The fourth-order valence-corrected chi connectivity index (χ4v) is 3.63. The minimum Gasteiger partial charge on any atom is -0.465 e. The molecule has 0 fully saturated rings. The number of benzene rings is 1. The van der Waals surface area contributed by atoms with Crippen molar-refractivity contribution in [2.24, 2.45) is 0 Å². The molecule has 0 radical (unpaired) electrons. The highest BCUT2D eigenvalue weighted by molar-refractivity contribution is 6.30. The molecule has 0 aliphatic heterocycles. The van der Waals surface area contributed by atoms with Gasteiger partial charge in [0, 0.05) is 30.4 Å². The summed E-state index contributed by atoms with van der Waals surface area (Å²) in [6.45, 7) is 13.3. The molecule has 0 N–H and O–H groups in total. The van der Waals surface area contributed by atoms with Gasteiger partial charge in [0.25, 0.3) is 0 Å². The van der Waals surface area contributed by atoms with Crippen LogP contribution in [0.4, 0.5) is 5.69 Å². The van der Waals surface area contributed by atoms with Gasteiger partial charge in [-0.1, -0.05) is 18.5 Å². The van der Waals surface area contributed by atoms with E-state index >= 15 is 0 Å². The first kappa shape index (κ1) is 24.0. The van der Waals surface area contributed by atoms with Crippen LogP contribution in [-0.4, -0.2) is 56.2 Å². The van der Waals surface area contributed by atoms with Gasteiger partial charge in [-0.3, -0.25) is 0 Å². The highest BCUT2D eigenvalue weighted by atomic mass is 35.5. The average molecular weight is 434 g/mol. The van der Waals surface area contributed by atoms with Crippen LogP contribution in [0.1, 0.15) is 41.0 Å². The Morgan fingerprint density at radius 3 is 2.23 bits per heavy atom. The van der Waals surface area contributed by atoms with Crippen molar-refractivity contribution in [3.8, 4) is 11.6 Å².